The Kier molecular flexibility index (Phi) is 6.57. The first-order chi connectivity index (χ1) is 15.6. The zero-order valence-electron chi connectivity index (χ0n) is 17.1. The third kappa shape index (κ3) is 6.05. The summed E-state index contributed by atoms with van der Waals surface area (Å²) in [6, 6.07) is 28.2. The van der Waals surface area contributed by atoms with Gasteiger partial charge in [-0.05, 0) is 83.9 Å². The molecule has 0 unspecified atom stereocenters. The average Bonchev–Trinajstić information content (AvgIpc) is 2.83. The normalized spacial score (nSPS) is 10.2. The predicted octanol–water partition coefficient (Wildman–Crippen LogP) is 6.93. The van der Waals surface area contributed by atoms with Gasteiger partial charge in [-0.3, -0.25) is 0 Å². The highest BCUT2D eigenvalue weighted by Crippen LogP contribution is 2.11. The number of hydrogen-bond acceptors (Lipinski definition) is 0. The Hall–Kier alpha value is -4.40. The summed E-state index contributed by atoms with van der Waals surface area (Å²) in [5.41, 5.74) is 5.49. The Balaban J connectivity index is 1.38. The molecule has 0 spiro atoms. The lowest BCUT2D eigenvalue weighted by Crippen LogP contribution is -1.79. The molecule has 4 rings (SSSR count). The van der Waals surface area contributed by atoms with Gasteiger partial charge in [0.2, 0.25) is 0 Å². The smallest absolute Gasteiger partial charge is 0.123 e. The monoisotopic (exact) mass is 416 g/mol. The molecular formula is C30H18F2. The van der Waals surface area contributed by atoms with E-state index in [1.165, 1.54) is 24.3 Å². The van der Waals surface area contributed by atoms with Crippen LogP contribution in [0.1, 0.15) is 33.4 Å². The zero-order valence-corrected chi connectivity index (χ0v) is 17.1. The molecule has 0 atom stereocenters. The minimum Gasteiger partial charge on any atom is -0.207 e. The molecule has 0 nitrogen and oxygen atoms in total. The predicted molar refractivity (Wildman–Crippen MR) is 127 cm³/mol. The molecule has 152 valence electrons. The topological polar surface area (TPSA) is 0 Å². The first-order valence-corrected chi connectivity index (χ1v) is 10.1. The molecule has 0 aliphatic carbocycles. The van der Waals surface area contributed by atoms with Crippen LogP contribution in [0, 0.1) is 35.3 Å². The molecule has 32 heavy (non-hydrogen) atoms. The van der Waals surface area contributed by atoms with Crippen molar-refractivity contribution in [1.29, 1.82) is 0 Å². The minimum atomic E-state index is -0.265. The van der Waals surface area contributed by atoms with E-state index in [0.717, 1.165) is 33.4 Å². The fourth-order valence-corrected chi connectivity index (χ4v) is 2.90. The van der Waals surface area contributed by atoms with Crippen LogP contribution >= 0.6 is 0 Å². The van der Waals surface area contributed by atoms with Gasteiger partial charge in [0, 0.05) is 22.3 Å². The zero-order chi connectivity index (χ0) is 22.2. The van der Waals surface area contributed by atoms with E-state index in [1.807, 2.05) is 60.7 Å². The summed E-state index contributed by atoms with van der Waals surface area (Å²) in [5, 5.41) is 0. The van der Waals surface area contributed by atoms with Crippen LogP contribution in [0.4, 0.5) is 8.78 Å². The van der Waals surface area contributed by atoms with Gasteiger partial charge in [0.25, 0.3) is 0 Å². The Bertz CT molecular complexity index is 1230. The van der Waals surface area contributed by atoms with Gasteiger partial charge in [-0.25, -0.2) is 8.78 Å². The van der Waals surface area contributed by atoms with Gasteiger partial charge >= 0.3 is 0 Å². The van der Waals surface area contributed by atoms with Crippen molar-refractivity contribution < 1.29 is 8.78 Å². The molecule has 0 radical (unpaired) electrons. The van der Waals surface area contributed by atoms with Crippen molar-refractivity contribution in [2.45, 2.75) is 0 Å². The largest absolute Gasteiger partial charge is 0.207 e. The molecule has 0 saturated carbocycles. The second-order valence-corrected chi connectivity index (χ2v) is 7.09. The maximum atomic E-state index is 12.9. The lowest BCUT2D eigenvalue weighted by Gasteiger charge is -1.97. The molecule has 0 amide bonds. The Labute approximate surface area is 186 Å². The van der Waals surface area contributed by atoms with Crippen LogP contribution in [0.3, 0.4) is 0 Å². The maximum absolute atomic E-state index is 12.9. The van der Waals surface area contributed by atoms with E-state index in [-0.39, 0.29) is 11.6 Å². The van der Waals surface area contributed by atoms with Crippen LogP contribution in [0.2, 0.25) is 0 Å². The molecule has 0 aliphatic rings. The van der Waals surface area contributed by atoms with Gasteiger partial charge in [0.05, 0.1) is 0 Å². The molecule has 0 N–H and O–H groups in total. The number of halogens is 2. The van der Waals surface area contributed by atoms with E-state index < -0.39 is 0 Å². The van der Waals surface area contributed by atoms with E-state index >= 15 is 0 Å². The molecule has 4 aromatic carbocycles. The fraction of sp³-hybridized carbons (Fsp3) is 0. The van der Waals surface area contributed by atoms with Crippen molar-refractivity contribution in [1.82, 2.24) is 0 Å². The highest BCUT2D eigenvalue weighted by atomic mass is 19.1. The fourth-order valence-electron chi connectivity index (χ4n) is 2.90. The molecular weight excluding hydrogens is 398 g/mol. The Morgan fingerprint density at radius 3 is 0.906 bits per heavy atom. The second kappa shape index (κ2) is 10.1. The highest BCUT2D eigenvalue weighted by molar-refractivity contribution is 5.70. The van der Waals surface area contributed by atoms with Gasteiger partial charge in [-0.1, -0.05) is 60.1 Å². The van der Waals surface area contributed by atoms with Crippen molar-refractivity contribution in [3.63, 3.8) is 0 Å². The van der Waals surface area contributed by atoms with Gasteiger partial charge in [0.15, 0.2) is 0 Å². The van der Waals surface area contributed by atoms with Gasteiger partial charge in [-0.15, -0.1) is 0 Å². The van der Waals surface area contributed by atoms with Crippen molar-refractivity contribution >= 4 is 12.2 Å². The standard InChI is InChI=1S/C30H18F2/c31-29-19-15-27(16-20-29)13-11-25-7-3-23(4-8-25)1-2-24-5-9-26(10-6-24)12-14-28-17-21-30(32)22-18-28/h1-10,15-22H. The average molecular weight is 416 g/mol. The summed E-state index contributed by atoms with van der Waals surface area (Å²) in [7, 11) is 0. The van der Waals surface area contributed by atoms with Crippen molar-refractivity contribution in [2.75, 3.05) is 0 Å². The molecule has 0 saturated heterocycles. The summed E-state index contributed by atoms with van der Waals surface area (Å²) in [5.74, 6) is 11.7. The molecule has 0 aliphatic heterocycles. The van der Waals surface area contributed by atoms with Crippen LogP contribution in [0.5, 0.6) is 0 Å². The van der Waals surface area contributed by atoms with Crippen LogP contribution in [0.15, 0.2) is 97.1 Å². The molecule has 0 aromatic heterocycles. The van der Waals surface area contributed by atoms with E-state index in [0.29, 0.717) is 0 Å². The van der Waals surface area contributed by atoms with Crippen LogP contribution in [0.25, 0.3) is 12.2 Å². The first kappa shape index (κ1) is 20.9. The second-order valence-electron chi connectivity index (χ2n) is 7.09. The van der Waals surface area contributed by atoms with Crippen molar-refractivity contribution in [2.24, 2.45) is 0 Å². The molecule has 0 bridgehead atoms. The number of hydrogen-bond donors (Lipinski definition) is 0. The van der Waals surface area contributed by atoms with Crippen LogP contribution < -0.4 is 0 Å². The van der Waals surface area contributed by atoms with Crippen LogP contribution in [-0.2, 0) is 0 Å². The number of benzene rings is 4. The summed E-state index contributed by atoms with van der Waals surface area (Å²) >= 11 is 0. The van der Waals surface area contributed by atoms with E-state index in [9.17, 15) is 8.78 Å². The van der Waals surface area contributed by atoms with Gasteiger partial charge in [0.1, 0.15) is 11.6 Å². The molecule has 0 fully saturated rings. The Morgan fingerprint density at radius 1 is 0.375 bits per heavy atom. The highest BCUT2D eigenvalue weighted by Gasteiger charge is 1.93. The SMILES string of the molecule is Fc1ccc(C#Cc2ccc(C=Cc3ccc(C#Cc4ccc(F)cc4)cc3)cc2)cc1. The third-order valence-corrected chi connectivity index (χ3v) is 4.68. The summed E-state index contributed by atoms with van der Waals surface area (Å²) in [4.78, 5) is 0. The first-order valence-electron chi connectivity index (χ1n) is 10.1. The number of rotatable bonds is 2. The van der Waals surface area contributed by atoms with Gasteiger partial charge in [-0.2, -0.15) is 0 Å². The lowest BCUT2D eigenvalue weighted by atomic mass is 10.1. The van der Waals surface area contributed by atoms with Crippen molar-refractivity contribution in [3.05, 3.63) is 142 Å². The Morgan fingerprint density at radius 2 is 0.625 bits per heavy atom. The third-order valence-electron chi connectivity index (χ3n) is 4.68. The summed E-state index contributed by atoms with van der Waals surface area (Å²) < 4.78 is 25.9. The van der Waals surface area contributed by atoms with Crippen molar-refractivity contribution in [3.8, 4) is 23.7 Å². The minimum absolute atomic E-state index is 0.265. The molecule has 0 heterocycles. The lowest BCUT2D eigenvalue weighted by molar-refractivity contribution is 0.627. The van der Waals surface area contributed by atoms with Crippen LogP contribution in [-0.4, -0.2) is 0 Å². The van der Waals surface area contributed by atoms with E-state index in [1.54, 1.807) is 24.3 Å². The summed E-state index contributed by atoms with van der Waals surface area (Å²) in [6.07, 6.45) is 4.08. The van der Waals surface area contributed by atoms with E-state index in [4.69, 9.17) is 0 Å². The van der Waals surface area contributed by atoms with E-state index in [2.05, 4.69) is 23.7 Å². The van der Waals surface area contributed by atoms with Gasteiger partial charge < -0.3 is 0 Å². The quantitative estimate of drug-likeness (QED) is 0.245. The molecule has 2 heteroatoms. The molecule has 4 aromatic rings. The summed E-state index contributed by atoms with van der Waals surface area (Å²) in [6.45, 7) is 0. The maximum Gasteiger partial charge on any atom is 0.123 e.